The Balaban J connectivity index is 0.000000231. The quantitative estimate of drug-likeness (QED) is 0.488. The number of rotatable bonds is 0. The molecule has 0 aliphatic rings. The molecule has 0 fully saturated rings. The molecule has 0 aromatic carbocycles. The molecule has 0 saturated heterocycles. The van der Waals surface area contributed by atoms with Gasteiger partial charge in [0.2, 0.25) is 0 Å². The topological polar surface area (TPSA) is 0 Å². The zero-order valence-electron chi connectivity index (χ0n) is 5.13. The monoisotopic (exact) mass is 238 g/mol. The average molecular weight is 240 g/mol. The molecule has 0 radical (unpaired) electrons. The van der Waals surface area contributed by atoms with Crippen molar-refractivity contribution < 1.29 is 17.3 Å². The van der Waals surface area contributed by atoms with Crippen molar-refractivity contribution in [3.63, 3.8) is 0 Å². The zero-order chi connectivity index (χ0) is 7.40. The third-order valence-electron chi connectivity index (χ3n) is 1.01. The zero-order valence-corrected chi connectivity index (χ0v) is 10.5. The predicted octanol–water partition coefficient (Wildman–Crippen LogP) is 3.45. The normalized spacial score (nSPS) is 9.10. The standard InChI is InChI=1S/C6H3S2.ClH.Zn/c1-3-7-6-2-4-8-5(1)6;;/h1,3-4H;1H;/q-1;;+2/p-1. The first-order valence-electron chi connectivity index (χ1n) is 2.56. The van der Waals surface area contributed by atoms with Crippen LogP contribution >= 0.6 is 32.4 Å². The smallest absolute Gasteiger partial charge is 0.0282 e. The van der Waals surface area contributed by atoms with Gasteiger partial charge in [-0.2, -0.15) is 11.3 Å². The summed E-state index contributed by atoms with van der Waals surface area (Å²) in [6.45, 7) is 0. The Labute approximate surface area is 81.5 Å². The van der Waals surface area contributed by atoms with E-state index in [1.165, 1.54) is 9.40 Å². The molecule has 0 atom stereocenters. The van der Waals surface area contributed by atoms with Gasteiger partial charge in [-0.05, 0) is 5.38 Å². The van der Waals surface area contributed by atoms with Gasteiger partial charge in [0.25, 0.3) is 0 Å². The molecule has 10 heavy (non-hydrogen) atoms. The Bertz CT molecular complexity index is 237. The summed E-state index contributed by atoms with van der Waals surface area (Å²) in [6.07, 6.45) is 0. The predicted molar refractivity (Wildman–Crippen MR) is 44.4 cm³/mol. The van der Waals surface area contributed by atoms with Crippen molar-refractivity contribution in [2.24, 2.45) is 0 Å². The first kappa shape index (κ1) is 8.67. The molecule has 2 heterocycles. The molecule has 0 N–H and O–H groups in total. The summed E-state index contributed by atoms with van der Waals surface area (Å²) in [6, 6.07) is 5.26. The SMILES string of the molecule is [Cl][Zn+].[c-]1csc2ccsc12. The van der Waals surface area contributed by atoms with E-state index < -0.39 is 0 Å². The minimum atomic E-state index is 0.847. The molecule has 0 unspecified atom stereocenters. The minimum Gasteiger partial charge on any atom is -0.264 e. The molecule has 48 valence electrons. The van der Waals surface area contributed by atoms with Crippen LogP contribution in [0, 0.1) is 6.07 Å². The molecule has 0 nitrogen and oxygen atoms in total. The van der Waals surface area contributed by atoms with Crippen LogP contribution in [0.15, 0.2) is 16.8 Å². The van der Waals surface area contributed by atoms with Crippen LogP contribution in [0.5, 0.6) is 0 Å². The van der Waals surface area contributed by atoms with E-state index in [-0.39, 0.29) is 0 Å². The molecule has 2 aromatic rings. The van der Waals surface area contributed by atoms with Gasteiger partial charge in [0.1, 0.15) is 0 Å². The summed E-state index contributed by atoms with van der Waals surface area (Å²) in [4.78, 5) is 0. The average Bonchev–Trinajstić information content (AvgIpc) is 2.49. The minimum absolute atomic E-state index is 0.847. The summed E-state index contributed by atoms with van der Waals surface area (Å²) in [5, 5.41) is 4.10. The van der Waals surface area contributed by atoms with Gasteiger partial charge in [-0.1, -0.05) is 0 Å². The van der Waals surface area contributed by atoms with Crippen LogP contribution in [0.1, 0.15) is 0 Å². The van der Waals surface area contributed by atoms with Crippen LogP contribution in [0.4, 0.5) is 0 Å². The Hall–Kier alpha value is 0.573. The van der Waals surface area contributed by atoms with Crippen molar-refractivity contribution in [2.45, 2.75) is 0 Å². The first-order valence-corrected chi connectivity index (χ1v) is 8.22. The Kier molecular flexibility index (Phi) is 3.86. The third kappa shape index (κ3) is 1.79. The van der Waals surface area contributed by atoms with Crippen molar-refractivity contribution in [3.05, 3.63) is 22.9 Å². The second kappa shape index (κ2) is 4.45. The summed E-state index contributed by atoms with van der Waals surface area (Å²) in [5.41, 5.74) is 0. The van der Waals surface area contributed by atoms with Crippen LogP contribution in [0.2, 0.25) is 0 Å². The molecule has 0 spiro atoms. The van der Waals surface area contributed by atoms with Crippen LogP contribution in [-0.4, -0.2) is 0 Å². The third-order valence-corrected chi connectivity index (χ3v) is 2.81. The van der Waals surface area contributed by atoms with Gasteiger partial charge in [-0.25, -0.2) is 6.07 Å². The second-order valence-corrected chi connectivity index (χ2v) is 3.32. The Morgan fingerprint density at radius 1 is 1.40 bits per heavy atom. The van der Waals surface area contributed by atoms with Crippen molar-refractivity contribution >= 4 is 41.8 Å². The van der Waals surface area contributed by atoms with E-state index in [0.717, 1.165) is 17.3 Å². The molecule has 0 aliphatic carbocycles. The molecular formula is C6H3ClS2Zn. The second-order valence-electron chi connectivity index (χ2n) is 1.49. The molecule has 0 aliphatic heterocycles. The van der Waals surface area contributed by atoms with E-state index in [4.69, 9.17) is 9.69 Å². The van der Waals surface area contributed by atoms with Gasteiger partial charge in [0, 0.05) is 0 Å². The van der Waals surface area contributed by atoms with Crippen molar-refractivity contribution in [3.8, 4) is 0 Å². The number of fused-ring (bicyclic) bond motifs is 1. The summed E-state index contributed by atoms with van der Waals surface area (Å²) >= 11 is 4.34. The van der Waals surface area contributed by atoms with E-state index in [0.29, 0.717) is 0 Å². The maximum absolute atomic E-state index is 4.76. The molecule has 2 rings (SSSR count). The van der Waals surface area contributed by atoms with Gasteiger partial charge in [-0.15, -0.1) is 20.8 Å². The van der Waals surface area contributed by atoms with E-state index in [9.17, 15) is 0 Å². The van der Waals surface area contributed by atoms with E-state index >= 15 is 0 Å². The molecule has 2 aromatic heterocycles. The first-order chi connectivity index (χ1) is 4.97. The van der Waals surface area contributed by atoms with E-state index in [2.05, 4.69) is 17.5 Å². The van der Waals surface area contributed by atoms with Crippen molar-refractivity contribution in [2.75, 3.05) is 0 Å². The van der Waals surface area contributed by atoms with E-state index in [1.807, 2.05) is 5.38 Å². The maximum atomic E-state index is 4.76. The number of halogens is 1. The molecule has 0 bridgehead atoms. The number of hydrogen-bond donors (Lipinski definition) is 0. The fraction of sp³-hybridized carbons (Fsp3) is 0. The largest absolute Gasteiger partial charge is 0.264 e. The Morgan fingerprint density at radius 3 is 2.90 bits per heavy atom. The Morgan fingerprint density at radius 2 is 2.20 bits per heavy atom. The maximum Gasteiger partial charge on any atom is -0.0282 e. The van der Waals surface area contributed by atoms with E-state index in [1.54, 1.807) is 22.7 Å². The van der Waals surface area contributed by atoms with Crippen LogP contribution in [0.25, 0.3) is 9.40 Å². The van der Waals surface area contributed by atoms with Crippen molar-refractivity contribution in [1.82, 2.24) is 0 Å². The molecule has 0 amide bonds. The molecule has 0 saturated carbocycles. The molecular weight excluding hydrogens is 237 g/mol. The van der Waals surface area contributed by atoms with Gasteiger partial charge >= 0.3 is 27.0 Å². The summed E-state index contributed by atoms with van der Waals surface area (Å²) < 4.78 is 2.64. The number of hydrogen-bond acceptors (Lipinski definition) is 2. The van der Waals surface area contributed by atoms with Gasteiger partial charge < -0.3 is 0 Å². The fourth-order valence-corrected chi connectivity index (χ4v) is 2.36. The van der Waals surface area contributed by atoms with Gasteiger partial charge in [-0.3, -0.25) is 11.3 Å². The van der Waals surface area contributed by atoms with Gasteiger partial charge in [0.15, 0.2) is 0 Å². The van der Waals surface area contributed by atoms with Crippen molar-refractivity contribution in [1.29, 1.82) is 0 Å². The fourth-order valence-electron chi connectivity index (χ4n) is 0.642. The van der Waals surface area contributed by atoms with Crippen LogP contribution in [0.3, 0.4) is 0 Å². The summed E-state index contributed by atoms with van der Waals surface area (Å²) in [5.74, 6) is 0. The molecule has 4 heteroatoms. The van der Waals surface area contributed by atoms with Crippen LogP contribution < -0.4 is 0 Å². The van der Waals surface area contributed by atoms with Crippen LogP contribution in [-0.2, 0) is 17.3 Å². The summed E-state index contributed by atoms with van der Waals surface area (Å²) in [7, 11) is 4.76. The number of thiophene rings is 2. The van der Waals surface area contributed by atoms with Gasteiger partial charge in [0.05, 0.1) is 0 Å².